The molecular formula is C26H41F3O. The molecule has 7 unspecified atom stereocenters. The Kier molecular flexibility index (Phi) is 5.69. The van der Waals surface area contributed by atoms with Gasteiger partial charge in [0.2, 0.25) is 0 Å². The van der Waals surface area contributed by atoms with Crippen LogP contribution in [0.5, 0.6) is 0 Å². The van der Waals surface area contributed by atoms with Crippen LogP contribution in [0.4, 0.5) is 13.2 Å². The second-order valence-corrected chi connectivity index (χ2v) is 12.1. The lowest BCUT2D eigenvalue weighted by atomic mass is 9.47. The Morgan fingerprint density at radius 1 is 1.10 bits per heavy atom. The van der Waals surface area contributed by atoms with Crippen molar-refractivity contribution < 1.29 is 18.3 Å². The average Bonchev–Trinajstić information content (AvgIpc) is 2.98. The predicted molar refractivity (Wildman–Crippen MR) is 115 cm³/mol. The van der Waals surface area contributed by atoms with Crippen LogP contribution in [0.2, 0.25) is 0 Å². The largest absolute Gasteiger partial charge is 0.391 e. The number of alkyl halides is 3. The molecule has 0 bridgehead atoms. The number of rotatable bonds is 4. The third-order valence-corrected chi connectivity index (χ3v) is 10.3. The minimum atomic E-state index is -4.05. The topological polar surface area (TPSA) is 20.2 Å². The van der Waals surface area contributed by atoms with Gasteiger partial charge in [0, 0.05) is 0 Å². The molecule has 0 aromatic heterocycles. The third-order valence-electron chi connectivity index (χ3n) is 10.3. The van der Waals surface area contributed by atoms with Crippen LogP contribution < -0.4 is 0 Å². The summed E-state index contributed by atoms with van der Waals surface area (Å²) in [4.78, 5) is 0. The number of halogens is 3. The molecule has 4 rings (SSSR count). The van der Waals surface area contributed by atoms with Gasteiger partial charge in [-0.05, 0) is 106 Å². The summed E-state index contributed by atoms with van der Waals surface area (Å²) in [6.07, 6.45) is 9.33. The van der Waals surface area contributed by atoms with Crippen molar-refractivity contribution in [3.63, 3.8) is 0 Å². The summed E-state index contributed by atoms with van der Waals surface area (Å²) in [5, 5.41) is 10.6. The van der Waals surface area contributed by atoms with Crippen LogP contribution >= 0.6 is 0 Å². The first-order valence-electron chi connectivity index (χ1n) is 12.4. The highest BCUT2D eigenvalue weighted by Crippen LogP contribution is 2.66. The molecule has 4 aliphatic carbocycles. The summed E-state index contributed by atoms with van der Waals surface area (Å²) in [5.41, 5.74) is 1.68. The summed E-state index contributed by atoms with van der Waals surface area (Å²) < 4.78 is 38.6. The van der Waals surface area contributed by atoms with Gasteiger partial charge in [-0.2, -0.15) is 13.2 Å². The normalized spacial score (nSPS) is 47.1. The molecule has 3 saturated carbocycles. The molecule has 4 heteroatoms. The number of allylic oxidation sites excluding steroid dienone is 2. The van der Waals surface area contributed by atoms with E-state index in [9.17, 15) is 18.3 Å². The molecule has 0 amide bonds. The summed E-state index contributed by atoms with van der Waals surface area (Å²) in [7, 11) is 0. The minimum Gasteiger partial charge on any atom is -0.390 e. The number of fused-ring (bicyclic) bond motifs is 5. The van der Waals surface area contributed by atoms with Gasteiger partial charge < -0.3 is 5.11 Å². The highest BCUT2D eigenvalue weighted by atomic mass is 19.4. The van der Waals surface area contributed by atoms with Crippen LogP contribution in [0.15, 0.2) is 11.6 Å². The lowest BCUT2D eigenvalue weighted by Crippen LogP contribution is -2.50. The van der Waals surface area contributed by atoms with E-state index in [2.05, 4.69) is 19.9 Å². The number of hydrogen-bond acceptors (Lipinski definition) is 1. The Morgan fingerprint density at radius 3 is 2.53 bits per heavy atom. The van der Waals surface area contributed by atoms with Gasteiger partial charge in [-0.3, -0.25) is 0 Å². The molecule has 4 aliphatic rings. The van der Waals surface area contributed by atoms with Crippen molar-refractivity contribution in [2.45, 2.75) is 110 Å². The van der Waals surface area contributed by atoms with Gasteiger partial charge in [0.05, 0.1) is 11.5 Å². The SMILES string of the molecule is CC(CCCC1CCC2C3CCC4C[C@@](C)(O)CCC4(C)C3=CCC12C)C(F)(F)F. The van der Waals surface area contributed by atoms with E-state index < -0.39 is 17.7 Å². The molecule has 0 aromatic rings. The smallest absolute Gasteiger partial charge is 0.390 e. The zero-order valence-corrected chi connectivity index (χ0v) is 19.3. The van der Waals surface area contributed by atoms with Gasteiger partial charge in [-0.25, -0.2) is 0 Å². The van der Waals surface area contributed by atoms with Gasteiger partial charge in [0.15, 0.2) is 0 Å². The number of aliphatic hydroxyl groups is 1. The van der Waals surface area contributed by atoms with Crippen LogP contribution in [0.3, 0.4) is 0 Å². The predicted octanol–water partition coefficient (Wildman–Crippen LogP) is 7.69. The fourth-order valence-electron chi connectivity index (χ4n) is 8.11. The van der Waals surface area contributed by atoms with E-state index in [1.165, 1.54) is 32.6 Å². The molecule has 1 nitrogen and oxygen atoms in total. The summed E-state index contributed by atoms with van der Waals surface area (Å²) in [5.74, 6) is 1.33. The molecule has 0 aliphatic heterocycles. The summed E-state index contributed by atoms with van der Waals surface area (Å²) in [6, 6.07) is 0. The maximum Gasteiger partial charge on any atom is 0.391 e. The molecule has 1 N–H and O–H groups in total. The Bertz CT molecular complexity index is 680. The van der Waals surface area contributed by atoms with Crippen molar-refractivity contribution in [1.29, 1.82) is 0 Å². The van der Waals surface area contributed by atoms with Crippen molar-refractivity contribution in [1.82, 2.24) is 0 Å². The molecule has 0 heterocycles. The van der Waals surface area contributed by atoms with E-state index in [0.717, 1.165) is 32.1 Å². The van der Waals surface area contributed by atoms with Crippen LogP contribution in [0, 0.1) is 40.4 Å². The van der Waals surface area contributed by atoms with Crippen molar-refractivity contribution in [3.8, 4) is 0 Å². The molecule has 0 saturated heterocycles. The van der Waals surface area contributed by atoms with E-state index in [4.69, 9.17) is 0 Å². The molecule has 0 aromatic carbocycles. The van der Waals surface area contributed by atoms with Crippen LogP contribution in [0.25, 0.3) is 0 Å². The fourth-order valence-corrected chi connectivity index (χ4v) is 8.11. The van der Waals surface area contributed by atoms with Crippen molar-refractivity contribution >= 4 is 0 Å². The quantitative estimate of drug-likeness (QED) is 0.457. The lowest BCUT2D eigenvalue weighted by molar-refractivity contribution is -0.171. The first-order valence-corrected chi connectivity index (χ1v) is 12.4. The van der Waals surface area contributed by atoms with Crippen LogP contribution in [0.1, 0.15) is 98.3 Å². The lowest BCUT2D eigenvalue weighted by Gasteiger charge is -2.58. The highest BCUT2D eigenvalue weighted by Gasteiger charge is 2.57. The second-order valence-electron chi connectivity index (χ2n) is 12.1. The maximum atomic E-state index is 12.9. The second kappa shape index (κ2) is 7.52. The van der Waals surface area contributed by atoms with E-state index in [-0.39, 0.29) is 17.3 Å². The van der Waals surface area contributed by atoms with Crippen molar-refractivity contribution in [3.05, 3.63) is 11.6 Å². The zero-order chi connectivity index (χ0) is 21.9. The van der Waals surface area contributed by atoms with Gasteiger partial charge in [-0.1, -0.05) is 38.8 Å². The maximum absolute atomic E-state index is 12.9. The molecule has 30 heavy (non-hydrogen) atoms. The first-order chi connectivity index (χ1) is 13.9. The molecular weight excluding hydrogens is 385 g/mol. The van der Waals surface area contributed by atoms with E-state index in [0.29, 0.717) is 30.1 Å². The van der Waals surface area contributed by atoms with Crippen molar-refractivity contribution in [2.24, 2.45) is 40.4 Å². The van der Waals surface area contributed by atoms with Gasteiger partial charge in [-0.15, -0.1) is 0 Å². The Labute approximate surface area is 180 Å². The van der Waals surface area contributed by atoms with E-state index in [1.807, 2.05) is 6.92 Å². The molecule has 3 fully saturated rings. The third kappa shape index (κ3) is 3.77. The average molecular weight is 427 g/mol. The first kappa shape index (κ1) is 22.7. The van der Waals surface area contributed by atoms with Gasteiger partial charge >= 0.3 is 6.18 Å². The zero-order valence-electron chi connectivity index (χ0n) is 19.3. The molecule has 172 valence electrons. The number of hydrogen-bond donors (Lipinski definition) is 1. The fraction of sp³-hybridized carbons (Fsp3) is 0.923. The Hall–Kier alpha value is -0.510. The highest BCUT2D eigenvalue weighted by molar-refractivity contribution is 5.29. The molecule has 0 radical (unpaired) electrons. The van der Waals surface area contributed by atoms with E-state index in [1.54, 1.807) is 5.57 Å². The summed E-state index contributed by atoms with van der Waals surface area (Å²) in [6.45, 7) is 8.23. The minimum absolute atomic E-state index is 0.243. The van der Waals surface area contributed by atoms with Crippen molar-refractivity contribution in [2.75, 3.05) is 0 Å². The van der Waals surface area contributed by atoms with Crippen LogP contribution in [-0.4, -0.2) is 16.9 Å². The molecule has 0 spiro atoms. The summed E-state index contributed by atoms with van der Waals surface area (Å²) >= 11 is 0. The Morgan fingerprint density at radius 2 is 1.83 bits per heavy atom. The molecule has 8 atom stereocenters. The standard InChI is InChI=1S/C26H41F3O/c1-17(26(27,28)29)6-5-7-18-9-11-21-20-10-8-19-16-23(2,30)14-15-25(19,4)22(20)12-13-24(18,21)3/h12,17-21,30H,5-11,13-16H2,1-4H3/t17?,18?,19?,20?,21?,23-,24?,25?/m0/s1. The van der Waals surface area contributed by atoms with Gasteiger partial charge in [0.25, 0.3) is 0 Å². The van der Waals surface area contributed by atoms with E-state index >= 15 is 0 Å². The monoisotopic (exact) mass is 426 g/mol. The van der Waals surface area contributed by atoms with Crippen LogP contribution in [-0.2, 0) is 0 Å². The Balaban J connectivity index is 1.46. The van der Waals surface area contributed by atoms with Gasteiger partial charge in [0.1, 0.15) is 0 Å².